The second-order valence-electron chi connectivity index (χ2n) is 12.0. The monoisotopic (exact) mass is 654 g/mol. The van der Waals surface area contributed by atoms with E-state index in [-0.39, 0.29) is 28.0 Å². The highest BCUT2D eigenvalue weighted by Crippen LogP contribution is 2.37. The van der Waals surface area contributed by atoms with Crippen LogP contribution in [0.25, 0.3) is 10.9 Å². The molecular weight excluding hydrogens is 620 g/mol. The molecule has 1 aliphatic heterocycles. The first-order valence-corrected chi connectivity index (χ1v) is 17.2. The lowest BCUT2D eigenvalue weighted by molar-refractivity contribution is 0.0977. The van der Waals surface area contributed by atoms with Crippen LogP contribution in [0.1, 0.15) is 90.3 Å². The Bertz CT molecular complexity index is 1950. The van der Waals surface area contributed by atoms with Gasteiger partial charge in [0.05, 0.1) is 28.9 Å². The molecule has 4 heterocycles. The molecule has 6 rings (SSSR count). The summed E-state index contributed by atoms with van der Waals surface area (Å²) in [5.41, 5.74) is 2.06. The Labute approximate surface area is 265 Å². The zero-order chi connectivity index (χ0) is 32.0. The maximum atomic E-state index is 13.7. The second kappa shape index (κ2) is 12.0. The van der Waals surface area contributed by atoms with Gasteiger partial charge in [-0.25, -0.2) is 23.1 Å². The molecule has 2 fully saturated rings. The average Bonchev–Trinajstić information content (AvgIpc) is 3.43. The summed E-state index contributed by atoms with van der Waals surface area (Å²) < 4.78 is 33.0. The molecule has 0 radical (unpaired) electrons. The number of benzene rings is 1. The summed E-state index contributed by atoms with van der Waals surface area (Å²) in [6.07, 6.45) is 5.88. The Hall–Kier alpha value is -4.04. The molecule has 1 saturated heterocycles. The van der Waals surface area contributed by atoms with Crippen molar-refractivity contribution < 1.29 is 17.6 Å². The molecule has 238 valence electrons. The SMILES string of the molecule is Cc1cc([C@@H](C)Nc2ccc(Cl)nc2C(=O)NS(C)(=O)=O)c2nc(N3CCC(c4nnc(C5CCC5)o4)CC3)n(C)c(=O)c2c1. The van der Waals surface area contributed by atoms with Crippen LogP contribution in [0.4, 0.5) is 11.6 Å². The summed E-state index contributed by atoms with van der Waals surface area (Å²) in [5, 5.41) is 12.4. The Kier molecular flexibility index (Phi) is 8.29. The summed E-state index contributed by atoms with van der Waals surface area (Å²) in [5.74, 6) is 1.64. The molecule has 1 aromatic carbocycles. The Morgan fingerprint density at radius 2 is 1.73 bits per heavy atom. The maximum Gasteiger partial charge on any atom is 0.285 e. The van der Waals surface area contributed by atoms with Crippen molar-refractivity contribution in [3.8, 4) is 0 Å². The topological polar surface area (TPSA) is 165 Å². The van der Waals surface area contributed by atoms with Gasteiger partial charge in [-0.1, -0.05) is 24.1 Å². The Balaban J connectivity index is 1.28. The molecule has 0 bridgehead atoms. The molecule has 0 spiro atoms. The zero-order valence-electron chi connectivity index (χ0n) is 25.5. The van der Waals surface area contributed by atoms with Crippen LogP contribution in [-0.4, -0.2) is 58.4 Å². The highest BCUT2D eigenvalue weighted by atomic mass is 35.5. The number of nitrogens with zero attached hydrogens (tertiary/aromatic N) is 6. The van der Waals surface area contributed by atoms with Gasteiger partial charge in [-0.3, -0.25) is 14.2 Å². The smallest absolute Gasteiger partial charge is 0.285 e. The minimum Gasteiger partial charge on any atom is -0.425 e. The van der Waals surface area contributed by atoms with Crippen molar-refractivity contribution in [1.29, 1.82) is 0 Å². The molecule has 1 saturated carbocycles. The van der Waals surface area contributed by atoms with E-state index in [1.165, 1.54) is 12.5 Å². The zero-order valence-corrected chi connectivity index (χ0v) is 27.1. The Morgan fingerprint density at radius 1 is 1.07 bits per heavy atom. The molecule has 4 aromatic rings. The highest BCUT2D eigenvalue weighted by molar-refractivity contribution is 7.89. The normalized spacial score (nSPS) is 16.9. The number of fused-ring (bicyclic) bond motifs is 1. The van der Waals surface area contributed by atoms with Gasteiger partial charge in [-0.05, 0) is 63.3 Å². The van der Waals surface area contributed by atoms with Gasteiger partial charge >= 0.3 is 0 Å². The molecule has 2 N–H and O–H groups in total. The first kappa shape index (κ1) is 31.0. The summed E-state index contributed by atoms with van der Waals surface area (Å²) >= 11 is 6.04. The molecule has 15 heteroatoms. The van der Waals surface area contributed by atoms with Crippen LogP contribution in [0, 0.1) is 6.92 Å². The van der Waals surface area contributed by atoms with E-state index in [0.717, 1.165) is 49.0 Å². The summed E-state index contributed by atoms with van der Waals surface area (Å²) in [7, 11) is -2.10. The number of hydrogen-bond acceptors (Lipinski definition) is 11. The van der Waals surface area contributed by atoms with E-state index in [1.54, 1.807) is 17.7 Å². The second-order valence-corrected chi connectivity index (χ2v) is 14.1. The number of carbonyl (C=O) groups excluding carboxylic acids is 1. The third-order valence-electron chi connectivity index (χ3n) is 8.56. The van der Waals surface area contributed by atoms with E-state index in [1.807, 2.05) is 30.7 Å². The summed E-state index contributed by atoms with van der Waals surface area (Å²) in [6, 6.07) is 6.36. The Morgan fingerprint density at radius 3 is 2.36 bits per heavy atom. The number of pyridine rings is 1. The van der Waals surface area contributed by atoms with E-state index < -0.39 is 22.0 Å². The predicted molar refractivity (Wildman–Crippen MR) is 170 cm³/mol. The molecule has 0 unspecified atom stereocenters. The number of anilines is 2. The summed E-state index contributed by atoms with van der Waals surface area (Å²) in [6.45, 7) is 5.11. The molecule has 45 heavy (non-hydrogen) atoms. The average molecular weight is 655 g/mol. The molecule has 2 aliphatic rings. The van der Waals surface area contributed by atoms with Gasteiger partial charge in [-0.2, -0.15) is 0 Å². The number of sulfonamides is 1. The van der Waals surface area contributed by atoms with E-state index >= 15 is 0 Å². The fourth-order valence-corrected chi connectivity index (χ4v) is 6.55. The van der Waals surface area contributed by atoms with Crippen LogP contribution < -0.4 is 20.5 Å². The lowest BCUT2D eigenvalue weighted by atomic mass is 9.85. The standard InChI is InChI=1S/C30H35ClN8O5S/c1-16-14-20(17(2)32-22-8-9-23(31)33-25(22)26(40)37-45(4,42)43)24-21(15-16)29(41)38(3)30(34-24)39-12-10-19(11-13-39)28-36-35-27(44-28)18-6-5-7-18/h8-9,14-15,17-19,32H,5-7,10-13H2,1-4H3,(H,37,40)/t17-/m1/s1. The van der Waals surface area contributed by atoms with Crippen molar-refractivity contribution in [3.63, 3.8) is 0 Å². The van der Waals surface area contributed by atoms with Gasteiger partial charge in [0.1, 0.15) is 5.15 Å². The number of hydrogen-bond donors (Lipinski definition) is 2. The highest BCUT2D eigenvalue weighted by Gasteiger charge is 2.31. The van der Waals surface area contributed by atoms with Crippen LogP contribution in [0.3, 0.4) is 0 Å². The number of halogens is 1. The van der Waals surface area contributed by atoms with Gasteiger partial charge in [0.25, 0.3) is 11.5 Å². The quantitative estimate of drug-likeness (QED) is 0.262. The number of aromatic nitrogens is 5. The van der Waals surface area contributed by atoms with Crippen molar-refractivity contribution in [2.45, 2.75) is 63.8 Å². The molecule has 3 aromatic heterocycles. The number of piperidine rings is 1. The number of nitrogens with one attached hydrogen (secondary N) is 2. The van der Waals surface area contributed by atoms with Gasteiger partial charge in [0.15, 0.2) is 5.69 Å². The minimum atomic E-state index is -3.84. The minimum absolute atomic E-state index is 0.0318. The van der Waals surface area contributed by atoms with E-state index in [4.69, 9.17) is 21.0 Å². The number of carbonyl (C=O) groups is 1. The lowest BCUT2D eigenvalue weighted by Crippen LogP contribution is -2.37. The molecule has 1 amide bonds. The first-order chi connectivity index (χ1) is 21.4. The van der Waals surface area contributed by atoms with E-state index in [2.05, 4.69) is 25.4 Å². The predicted octanol–water partition coefficient (Wildman–Crippen LogP) is 4.19. The van der Waals surface area contributed by atoms with Crippen molar-refractivity contribution >= 4 is 50.1 Å². The van der Waals surface area contributed by atoms with Crippen LogP contribution in [0.15, 0.2) is 33.5 Å². The van der Waals surface area contributed by atoms with Crippen molar-refractivity contribution in [1.82, 2.24) is 29.5 Å². The fourth-order valence-electron chi connectivity index (χ4n) is 5.96. The number of amides is 1. The van der Waals surface area contributed by atoms with Gasteiger partial charge in [0.2, 0.25) is 27.8 Å². The van der Waals surface area contributed by atoms with Crippen LogP contribution in [0.5, 0.6) is 0 Å². The van der Waals surface area contributed by atoms with Crippen molar-refractivity contribution in [2.24, 2.45) is 7.05 Å². The van der Waals surface area contributed by atoms with Gasteiger partial charge in [-0.15, -0.1) is 10.2 Å². The number of rotatable bonds is 8. The number of aryl methyl sites for hydroxylation is 1. The lowest BCUT2D eigenvalue weighted by Gasteiger charge is -2.32. The van der Waals surface area contributed by atoms with Crippen LogP contribution >= 0.6 is 11.6 Å². The fraction of sp³-hybridized carbons (Fsp3) is 0.467. The maximum absolute atomic E-state index is 13.7. The third-order valence-corrected chi connectivity index (χ3v) is 9.33. The van der Waals surface area contributed by atoms with Crippen molar-refractivity contribution in [2.75, 3.05) is 29.6 Å². The van der Waals surface area contributed by atoms with E-state index in [9.17, 15) is 18.0 Å². The molecule has 1 aliphatic carbocycles. The van der Waals surface area contributed by atoms with Crippen molar-refractivity contribution in [3.05, 3.63) is 68.4 Å². The third kappa shape index (κ3) is 6.39. The molecule has 13 nitrogen and oxygen atoms in total. The summed E-state index contributed by atoms with van der Waals surface area (Å²) in [4.78, 5) is 37.6. The molecule has 1 atom stereocenters. The van der Waals surface area contributed by atoms with E-state index in [0.29, 0.717) is 41.7 Å². The van der Waals surface area contributed by atoms with Gasteiger partial charge in [0, 0.05) is 37.5 Å². The van der Waals surface area contributed by atoms with Gasteiger partial charge < -0.3 is 14.6 Å². The molecular formula is C30H35ClN8O5S. The largest absolute Gasteiger partial charge is 0.425 e. The first-order valence-electron chi connectivity index (χ1n) is 14.9. The van der Waals surface area contributed by atoms with Crippen LogP contribution in [-0.2, 0) is 17.1 Å². The van der Waals surface area contributed by atoms with Crippen LogP contribution in [0.2, 0.25) is 5.15 Å².